The maximum Gasteiger partial charge on any atom is 0.269 e. The van der Waals surface area contributed by atoms with Crippen LogP contribution < -0.4 is 4.90 Å². The van der Waals surface area contributed by atoms with Gasteiger partial charge in [0.05, 0.1) is 4.92 Å². The number of carbonyl (C=O) groups excluding carboxylic acids is 1. The second-order valence-electron chi connectivity index (χ2n) is 9.04. The molecule has 0 N–H and O–H groups in total. The first-order chi connectivity index (χ1) is 13.1. The van der Waals surface area contributed by atoms with E-state index in [9.17, 15) is 14.9 Å². The lowest BCUT2D eigenvalue weighted by atomic mass is 9.51. The van der Waals surface area contributed by atoms with Crippen molar-refractivity contribution in [1.82, 2.24) is 4.90 Å². The van der Waals surface area contributed by atoms with Crippen LogP contribution in [0.1, 0.15) is 32.1 Å². The Labute approximate surface area is 159 Å². The third kappa shape index (κ3) is 2.99. The SMILES string of the molecule is O=C(C1C2CC3CC(C2)CC1C3)N1CCN(c2ccc([N+](=O)[O-])cc2)CC1. The molecule has 0 atom stereocenters. The van der Waals surface area contributed by atoms with Crippen molar-refractivity contribution in [3.05, 3.63) is 34.4 Å². The lowest BCUT2D eigenvalue weighted by Gasteiger charge is -2.54. The van der Waals surface area contributed by atoms with Gasteiger partial charge in [0.1, 0.15) is 0 Å². The number of hydrogen-bond donors (Lipinski definition) is 0. The molecule has 6 rings (SSSR count). The lowest BCUT2D eigenvalue weighted by molar-refractivity contribution is -0.384. The number of piperazine rings is 1. The molecule has 0 aromatic heterocycles. The van der Waals surface area contributed by atoms with E-state index in [1.807, 2.05) is 12.1 Å². The van der Waals surface area contributed by atoms with Crippen LogP contribution in [-0.4, -0.2) is 41.9 Å². The summed E-state index contributed by atoms with van der Waals surface area (Å²) in [5.41, 5.74) is 1.12. The molecule has 1 saturated heterocycles. The minimum atomic E-state index is -0.370. The Morgan fingerprint density at radius 3 is 1.96 bits per heavy atom. The van der Waals surface area contributed by atoms with Crippen molar-refractivity contribution in [2.24, 2.45) is 29.6 Å². The molecule has 5 fully saturated rings. The summed E-state index contributed by atoms with van der Waals surface area (Å²) < 4.78 is 0. The number of carbonyl (C=O) groups is 1. The smallest absolute Gasteiger partial charge is 0.269 e. The molecular formula is C21H27N3O3. The number of nitro groups is 1. The highest BCUT2D eigenvalue weighted by molar-refractivity contribution is 5.80. The van der Waals surface area contributed by atoms with Crippen LogP contribution in [0.5, 0.6) is 0 Å². The minimum absolute atomic E-state index is 0.120. The summed E-state index contributed by atoms with van der Waals surface area (Å²) in [7, 11) is 0. The van der Waals surface area contributed by atoms with E-state index in [0.29, 0.717) is 17.7 Å². The van der Waals surface area contributed by atoms with Gasteiger partial charge in [0.25, 0.3) is 5.69 Å². The van der Waals surface area contributed by atoms with Crippen molar-refractivity contribution in [3.8, 4) is 0 Å². The Bertz CT molecular complexity index is 712. The Morgan fingerprint density at radius 1 is 0.889 bits per heavy atom. The van der Waals surface area contributed by atoms with E-state index in [1.165, 1.54) is 32.1 Å². The van der Waals surface area contributed by atoms with Gasteiger partial charge in [0, 0.05) is 49.9 Å². The van der Waals surface area contributed by atoms with Gasteiger partial charge in [-0.2, -0.15) is 0 Å². The van der Waals surface area contributed by atoms with E-state index in [2.05, 4.69) is 9.80 Å². The average molecular weight is 369 g/mol. The predicted molar refractivity (Wildman–Crippen MR) is 102 cm³/mol. The summed E-state index contributed by atoms with van der Waals surface area (Å²) in [6, 6.07) is 6.74. The van der Waals surface area contributed by atoms with Crippen LogP contribution in [0.3, 0.4) is 0 Å². The van der Waals surface area contributed by atoms with Crippen LogP contribution in [0.15, 0.2) is 24.3 Å². The molecule has 1 aromatic rings. The summed E-state index contributed by atoms with van der Waals surface area (Å²) in [5, 5.41) is 10.8. The Kier molecular flexibility index (Phi) is 4.10. The van der Waals surface area contributed by atoms with Crippen LogP contribution in [0.2, 0.25) is 0 Å². The zero-order valence-corrected chi connectivity index (χ0v) is 15.6. The topological polar surface area (TPSA) is 66.7 Å². The largest absolute Gasteiger partial charge is 0.368 e. The number of non-ortho nitro benzene ring substituents is 1. The number of nitrogens with zero attached hydrogens (tertiary/aromatic N) is 3. The summed E-state index contributed by atoms with van der Waals surface area (Å²) in [5.74, 6) is 3.77. The van der Waals surface area contributed by atoms with Crippen LogP contribution in [0.25, 0.3) is 0 Å². The summed E-state index contributed by atoms with van der Waals surface area (Å²) >= 11 is 0. The van der Waals surface area contributed by atoms with Crippen molar-refractivity contribution in [2.75, 3.05) is 31.1 Å². The van der Waals surface area contributed by atoms with Crippen LogP contribution in [0, 0.1) is 39.7 Å². The summed E-state index contributed by atoms with van der Waals surface area (Å²) in [6.07, 6.45) is 6.55. The maximum atomic E-state index is 13.3. The molecule has 1 amide bonds. The van der Waals surface area contributed by atoms with Gasteiger partial charge in [-0.15, -0.1) is 0 Å². The van der Waals surface area contributed by atoms with Gasteiger partial charge in [0.15, 0.2) is 0 Å². The highest BCUT2D eigenvalue weighted by atomic mass is 16.6. The highest BCUT2D eigenvalue weighted by Gasteiger charge is 2.51. The molecule has 1 aliphatic heterocycles. The molecule has 1 aromatic carbocycles. The van der Waals surface area contributed by atoms with Crippen molar-refractivity contribution >= 4 is 17.3 Å². The molecule has 0 radical (unpaired) electrons. The quantitative estimate of drug-likeness (QED) is 0.606. The highest BCUT2D eigenvalue weighted by Crippen LogP contribution is 2.56. The zero-order chi connectivity index (χ0) is 18.5. The Hall–Kier alpha value is -2.11. The normalized spacial score (nSPS) is 34.7. The molecule has 6 heteroatoms. The summed E-state index contributed by atoms with van der Waals surface area (Å²) in [4.78, 5) is 28.0. The van der Waals surface area contributed by atoms with Gasteiger partial charge >= 0.3 is 0 Å². The van der Waals surface area contributed by atoms with Crippen LogP contribution in [-0.2, 0) is 4.79 Å². The number of rotatable bonds is 3. The first kappa shape index (κ1) is 17.0. The molecule has 4 bridgehead atoms. The predicted octanol–water partition coefficient (Wildman–Crippen LogP) is 3.32. The second kappa shape index (κ2) is 6.50. The Morgan fingerprint density at radius 2 is 1.44 bits per heavy atom. The number of amides is 1. The van der Waals surface area contributed by atoms with Gasteiger partial charge in [-0.3, -0.25) is 14.9 Å². The van der Waals surface area contributed by atoms with Gasteiger partial charge in [-0.1, -0.05) is 0 Å². The van der Waals surface area contributed by atoms with Crippen molar-refractivity contribution in [3.63, 3.8) is 0 Å². The second-order valence-corrected chi connectivity index (χ2v) is 9.04. The van der Waals surface area contributed by atoms with Crippen LogP contribution >= 0.6 is 0 Å². The number of benzene rings is 1. The van der Waals surface area contributed by atoms with Crippen molar-refractivity contribution in [2.45, 2.75) is 32.1 Å². The lowest BCUT2D eigenvalue weighted by Crippen LogP contribution is -2.56. The molecule has 5 aliphatic rings. The first-order valence-electron chi connectivity index (χ1n) is 10.4. The van der Waals surface area contributed by atoms with Crippen LogP contribution in [0.4, 0.5) is 11.4 Å². The number of nitro benzene ring substituents is 1. The van der Waals surface area contributed by atoms with Gasteiger partial charge in [-0.05, 0) is 67.9 Å². The Balaban J connectivity index is 1.22. The maximum absolute atomic E-state index is 13.3. The molecule has 4 saturated carbocycles. The molecule has 0 unspecified atom stereocenters. The number of hydrogen-bond acceptors (Lipinski definition) is 4. The zero-order valence-electron chi connectivity index (χ0n) is 15.6. The monoisotopic (exact) mass is 369 g/mol. The fourth-order valence-corrected chi connectivity index (χ4v) is 6.51. The van der Waals surface area contributed by atoms with Gasteiger partial charge in [-0.25, -0.2) is 0 Å². The third-order valence-corrected chi connectivity index (χ3v) is 7.53. The van der Waals surface area contributed by atoms with E-state index in [4.69, 9.17) is 0 Å². The van der Waals surface area contributed by atoms with E-state index >= 15 is 0 Å². The van der Waals surface area contributed by atoms with Gasteiger partial charge in [0.2, 0.25) is 5.91 Å². The molecule has 144 valence electrons. The summed E-state index contributed by atoms with van der Waals surface area (Å²) in [6.45, 7) is 3.13. The molecule has 4 aliphatic carbocycles. The van der Waals surface area contributed by atoms with E-state index in [0.717, 1.165) is 43.7 Å². The standard InChI is InChI=1S/C21H27N3O3/c25-21(20-16-10-14-9-15(12-16)13-17(20)11-14)23-7-5-22(6-8-23)18-1-3-19(4-2-18)24(26)27/h1-4,14-17,20H,5-13H2. The van der Waals surface area contributed by atoms with Crippen molar-refractivity contribution in [1.29, 1.82) is 0 Å². The van der Waals surface area contributed by atoms with Crippen molar-refractivity contribution < 1.29 is 9.72 Å². The fourth-order valence-electron chi connectivity index (χ4n) is 6.51. The molecule has 1 heterocycles. The molecular weight excluding hydrogens is 342 g/mol. The minimum Gasteiger partial charge on any atom is -0.368 e. The first-order valence-corrected chi connectivity index (χ1v) is 10.4. The van der Waals surface area contributed by atoms with E-state index in [-0.39, 0.29) is 16.5 Å². The van der Waals surface area contributed by atoms with Gasteiger partial charge < -0.3 is 9.80 Å². The number of anilines is 1. The average Bonchev–Trinajstić information content (AvgIpc) is 2.67. The third-order valence-electron chi connectivity index (χ3n) is 7.53. The fraction of sp³-hybridized carbons (Fsp3) is 0.667. The molecule has 6 nitrogen and oxygen atoms in total. The molecule has 0 spiro atoms. The van der Waals surface area contributed by atoms with E-state index < -0.39 is 0 Å². The van der Waals surface area contributed by atoms with E-state index in [1.54, 1.807) is 12.1 Å². The molecule has 27 heavy (non-hydrogen) atoms.